The molecule has 2 heterocycles. The van der Waals surface area contributed by atoms with E-state index in [-0.39, 0.29) is 24.0 Å². The molecule has 1 saturated carbocycles. The predicted octanol–water partition coefficient (Wildman–Crippen LogP) is 2.91. The van der Waals surface area contributed by atoms with Crippen LogP contribution < -0.4 is 10.6 Å². The van der Waals surface area contributed by atoms with Gasteiger partial charge in [-0.3, -0.25) is 9.89 Å². The summed E-state index contributed by atoms with van der Waals surface area (Å²) in [6, 6.07) is 9.49. The number of nitrogens with zero attached hydrogens (tertiary/aromatic N) is 3. The first-order chi connectivity index (χ1) is 12.8. The van der Waals surface area contributed by atoms with Crippen LogP contribution in [0.4, 0.5) is 0 Å². The summed E-state index contributed by atoms with van der Waals surface area (Å²) in [6.07, 6.45) is 7.65. The highest BCUT2D eigenvalue weighted by atomic mass is 127. The normalized spacial score (nSPS) is 21.5. The van der Waals surface area contributed by atoms with Crippen LogP contribution in [0.15, 0.2) is 29.3 Å². The molecule has 148 valence electrons. The first kappa shape index (κ1) is 20.4. The molecule has 0 spiro atoms. The van der Waals surface area contributed by atoms with Crippen molar-refractivity contribution >= 4 is 41.0 Å². The number of likely N-dealkylation sites (tertiary alicyclic amines) is 1. The minimum Gasteiger partial charge on any atom is -0.356 e. The number of aromatic nitrogens is 2. The van der Waals surface area contributed by atoms with Crippen LogP contribution in [0.3, 0.4) is 0 Å². The van der Waals surface area contributed by atoms with Crippen LogP contribution in [0, 0.1) is 0 Å². The number of hydrogen-bond donors (Lipinski definition) is 3. The van der Waals surface area contributed by atoms with Crippen LogP contribution in [0.2, 0.25) is 0 Å². The molecule has 2 aliphatic rings. The largest absolute Gasteiger partial charge is 0.356 e. The van der Waals surface area contributed by atoms with Crippen molar-refractivity contribution in [2.75, 3.05) is 26.7 Å². The van der Waals surface area contributed by atoms with Gasteiger partial charge < -0.3 is 15.6 Å². The molecule has 0 bridgehead atoms. The standard InChI is InChI=1S/C20H30N6.HI/c1-21-20(23-15-11-13-26(14-15)16-6-2-3-7-16)22-12-10-19-24-17-8-4-5-9-18(17)25-19;/h4-5,8-9,15-16H,2-3,6-7,10-14H2,1H3,(H,24,25)(H2,21,22,23);1H. The van der Waals surface area contributed by atoms with Gasteiger partial charge in [0.15, 0.2) is 5.96 Å². The molecule has 1 saturated heterocycles. The lowest BCUT2D eigenvalue weighted by atomic mass is 10.2. The molecule has 1 aliphatic heterocycles. The van der Waals surface area contributed by atoms with Gasteiger partial charge in [0.25, 0.3) is 0 Å². The number of para-hydroxylation sites is 2. The van der Waals surface area contributed by atoms with Gasteiger partial charge in [0, 0.05) is 45.2 Å². The van der Waals surface area contributed by atoms with Gasteiger partial charge in [-0.2, -0.15) is 0 Å². The summed E-state index contributed by atoms with van der Waals surface area (Å²) in [7, 11) is 1.85. The van der Waals surface area contributed by atoms with Crippen molar-refractivity contribution in [3.63, 3.8) is 0 Å². The van der Waals surface area contributed by atoms with Gasteiger partial charge in [-0.25, -0.2) is 4.98 Å². The molecule has 1 unspecified atom stereocenters. The van der Waals surface area contributed by atoms with E-state index < -0.39 is 0 Å². The van der Waals surface area contributed by atoms with E-state index in [4.69, 9.17) is 0 Å². The number of aliphatic imine (C=N–C) groups is 1. The fourth-order valence-electron chi connectivity index (χ4n) is 4.32. The van der Waals surface area contributed by atoms with Crippen LogP contribution in [0.5, 0.6) is 0 Å². The third-order valence-corrected chi connectivity index (χ3v) is 5.72. The second-order valence-electron chi connectivity index (χ2n) is 7.51. The second kappa shape index (κ2) is 9.73. The van der Waals surface area contributed by atoms with E-state index in [0.29, 0.717) is 6.04 Å². The minimum atomic E-state index is 0. The average molecular weight is 482 g/mol. The molecule has 1 aromatic heterocycles. The van der Waals surface area contributed by atoms with Crippen molar-refractivity contribution < 1.29 is 0 Å². The van der Waals surface area contributed by atoms with E-state index >= 15 is 0 Å². The zero-order valence-electron chi connectivity index (χ0n) is 16.1. The monoisotopic (exact) mass is 482 g/mol. The maximum absolute atomic E-state index is 4.63. The summed E-state index contributed by atoms with van der Waals surface area (Å²) >= 11 is 0. The summed E-state index contributed by atoms with van der Waals surface area (Å²) in [5.41, 5.74) is 2.13. The topological polar surface area (TPSA) is 68.3 Å². The maximum Gasteiger partial charge on any atom is 0.191 e. The number of aromatic amines is 1. The van der Waals surface area contributed by atoms with Crippen molar-refractivity contribution in [3.8, 4) is 0 Å². The number of imidazole rings is 1. The number of fused-ring (bicyclic) bond motifs is 1. The molecule has 27 heavy (non-hydrogen) atoms. The fraction of sp³-hybridized carbons (Fsp3) is 0.600. The third-order valence-electron chi connectivity index (χ3n) is 5.72. The van der Waals surface area contributed by atoms with E-state index in [1.165, 1.54) is 38.6 Å². The quantitative estimate of drug-likeness (QED) is 0.349. The smallest absolute Gasteiger partial charge is 0.191 e. The molecule has 3 N–H and O–H groups in total. The summed E-state index contributed by atoms with van der Waals surface area (Å²) < 4.78 is 0. The molecular formula is C20H31IN6. The average Bonchev–Trinajstić information content (AvgIpc) is 3.40. The van der Waals surface area contributed by atoms with Crippen molar-refractivity contribution in [1.29, 1.82) is 0 Å². The number of halogens is 1. The lowest BCUT2D eigenvalue weighted by molar-refractivity contribution is 0.242. The van der Waals surface area contributed by atoms with Crippen molar-refractivity contribution in [2.45, 2.75) is 50.6 Å². The SMILES string of the molecule is CN=C(NCCc1nc2ccccc2[nH]1)NC1CCN(C2CCCC2)C1.I. The molecule has 7 heteroatoms. The zero-order valence-corrected chi connectivity index (χ0v) is 18.4. The van der Waals surface area contributed by atoms with Crippen molar-refractivity contribution in [2.24, 2.45) is 4.99 Å². The van der Waals surface area contributed by atoms with Crippen molar-refractivity contribution in [1.82, 2.24) is 25.5 Å². The van der Waals surface area contributed by atoms with Crippen molar-refractivity contribution in [3.05, 3.63) is 30.1 Å². The minimum absolute atomic E-state index is 0. The third kappa shape index (κ3) is 5.13. The molecule has 2 aromatic rings. The van der Waals surface area contributed by atoms with Gasteiger partial charge in [-0.1, -0.05) is 25.0 Å². The number of guanidine groups is 1. The van der Waals surface area contributed by atoms with Crippen LogP contribution in [0.1, 0.15) is 37.9 Å². The van der Waals surface area contributed by atoms with E-state index in [9.17, 15) is 0 Å². The first-order valence-electron chi connectivity index (χ1n) is 9.96. The van der Waals surface area contributed by atoms with E-state index in [1.807, 2.05) is 25.2 Å². The van der Waals surface area contributed by atoms with Gasteiger partial charge in [-0.15, -0.1) is 24.0 Å². The summed E-state index contributed by atoms with van der Waals surface area (Å²) in [4.78, 5) is 15.1. The van der Waals surface area contributed by atoms with Crippen LogP contribution in [0.25, 0.3) is 11.0 Å². The molecule has 1 aliphatic carbocycles. The summed E-state index contributed by atoms with van der Waals surface area (Å²) in [6.45, 7) is 3.19. The highest BCUT2D eigenvalue weighted by Crippen LogP contribution is 2.26. The molecular weight excluding hydrogens is 451 g/mol. The van der Waals surface area contributed by atoms with E-state index in [1.54, 1.807) is 0 Å². The number of nitrogens with one attached hydrogen (secondary N) is 3. The van der Waals surface area contributed by atoms with Gasteiger partial charge in [0.1, 0.15) is 5.82 Å². The van der Waals surface area contributed by atoms with Crippen LogP contribution in [-0.2, 0) is 6.42 Å². The Morgan fingerprint density at radius 3 is 2.85 bits per heavy atom. The number of H-pyrrole nitrogens is 1. The highest BCUT2D eigenvalue weighted by Gasteiger charge is 2.30. The Balaban J connectivity index is 0.00000210. The molecule has 2 fully saturated rings. The Bertz CT molecular complexity index is 719. The van der Waals surface area contributed by atoms with Gasteiger partial charge in [0.2, 0.25) is 0 Å². The Morgan fingerprint density at radius 2 is 2.07 bits per heavy atom. The molecule has 0 radical (unpaired) electrons. The Labute approximate surface area is 178 Å². The van der Waals surface area contributed by atoms with E-state index in [2.05, 4.69) is 36.6 Å². The molecule has 4 rings (SSSR count). The number of benzene rings is 1. The Hall–Kier alpha value is -1.35. The Kier molecular flexibility index (Phi) is 7.34. The van der Waals surface area contributed by atoms with Crippen LogP contribution in [-0.4, -0.2) is 59.6 Å². The van der Waals surface area contributed by atoms with E-state index in [0.717, 1.165) is 48.4 Å². The molecule has 6 nitrogen and oxygen atoms in total. The van der Waals surface area contributed by atoms with Gasteiger partial charge >= 0.3 is 0 Å². The fourth-order valence-corrected chi connectivity index (χ4v) is 4.32. The number of rotatable bonds is 5. The Morgan fingerprint density at radius 1 is 1.26 bits per heavy atom. The lowest BCUT2D eigenvalue weighted by Gasteiger charge is -2.24. The summed E-state index contributed by atoms with van der Waals surface area (Å²) in [5.74, 6) is 1.92. The summed E-state index contributed by atoms with van der Waals surface area (Å²) in [5, 5.41) is 7.03. The predicted molar refractivity (Wildman–Crippen MR) is 122 cm³/mol. The lowest BCUT2D eigenvalue weighted by Crippen LogP contribution is -2.45. The molecule has 1 atom stereocenters. The van der Waals surface area contributed by atoms with Crippen LogP contribution >= 0.6 is 24.0 Å². The zero-order chi connectivity index (χ0) is 17.8. The second-order valence-corrected chi connectivity index (χ2v) is 7.51. The molecule has 0 amide bonds. The first-order valence-corrected chi connectivity index (χ1v) is 9.96. The molecule has 1 aromatic carbocycles. The maximum atomic E-state index is 4.63. The van der Waals surface area contributed by atoms with Gasteiger partial charge in [-0.05, 0) is 31.4 Å². The highest BCUT2D eigenvalue weighted by molar-refractivity contribution is 14.0. The number of hydrogen-bond acceptors (Lipinski definition) is 3. The van der Waals surface area contributed by atoms with Gasteiger partial charge in [0.05, 0.1) is 11.0 Å².